The Hall–Kier alpha value is -1.68. The van der Waals surface area contributed by atoms with E-state index in [-0.39, 0.29) is 11.7 Å². The lowest BCUT2D eigenvalue weighted by Crippen LogP contribution is -2.51. The Morgan fingerprint density at radius 2 is 1.95 bits per heavy atom. The molecule has 20 heavy (non-hydrogen) atoms. The largest absolute Gasteiger partial charge is 0.390 e. The molecule has 0 spiro atoms. The number of benzene rings is 1. The highest BCUT2D eigenvalue weighted by Gasteiger charge is 2.50. The van der Waals surface area contributed by atoms with Gasteiger partial charge in [0.1, 0.15) is 0 Å². The lowest BCUT2D eigenvalue weighted by Gasteiger charge is -2.44. The molecule has 0 bridgehead atoms. The summed E-state index contributed by atoms with van der Waals surface area (Å²) in [7, 11) is 0. The third kappa shape index (κ3) is 1.71. The number of aliphatic hydroxyl groups is 1. The third-order valence-corrected chi connectivity index (χ3v) is 4.59. The number of carbonyl (C=O) groups is 2. The minimum atomic E-state index is -0.873. The number of carbonyl (C=O) groups excluding carboxylic acids is 2. The molecule has 1 aromatic carbocycles. The summed E-state index contributed by atoms with van der Waals surface area (Å²) in [6, 6.07) is 6.91. The van der Waals surface area contributed by atoms with E-state index in [9.17, 15) is 14.7 Å². The van der Waals surface area contributed by atoms with Crippen LogP contribution in [0.25, 0.3) is 0 Å². The first-order chi connectivity index (χ1) is 9.44. The van der Waals surface area contributed by atoms with Crippen LogP contribution < -0.4 is 0 Å². The lowest BCUT2D eigenvalue weighted by molar-refractivity contribution is -0.134. The summed E-state index contributed by atoms with van der Waals surface area (Å²) in [6.45, 7) is 4.16. The number of fused-ring (bicyclic) bond motifs is 1. The number of likely N-dealkylation sites (tertiary alicyclic amines) is 1. The first-order valence-electron chi connectivity index (χ1n) is 7.06. The molecule has 106 valence electrons. The van der Waals surface area contributed by atoms with Crippen molar-refractivity contribution in [3.05, 3.63) is 35.4 Å². The molecule has 0 saturated carbocycles. The van der Waals surface area contributed by atoms with Crippen LogP contribution in [0.5, 0.6) is 0 Å². The smallest absolute Gasteiger partial charge is 0.223 e. The molecule has 1 aliphatic carbocycles. The monoisotopic (exact) mass is 273 g/mol. The Labute approximate surface area is 118 Å². The Morgan fingerprint density at radius 3 is 2.60 bits per heavy atom. The maximum atomic E-state index is 12.5. The van der Waals surface area contributed by atoms with Gasteiger partial charge in [0.15, 0.2) is 5.78 Å². The van der Waals surface area contributed by atoms with E-state index >= 15 is 0 Å². The molecule has 1 heterocycles. The fraction of sp³-hybridized carbons (Fsp3) is 0.500. The fourth-order valence-corrected chi connectivity index (χ4v) is 3.31. The summed E-state index contributed by atoms with van der Waals surface area (Å²) in [5.74, 6) is 0.0116. The van der Waals surface area contributed by atoms with Crippen molar-refractivity contribution < 1.29 is 14.7 Å². The van der Waals surface area contributed by atoms with Crippen LogP contribution in [0.3, 0.4) is 0 Å². The standard InChI is InChI=1S/C16H19NO3/c1-16(2)14(19)11-7-4-3-6-10(11)13(15(16)20)17-9-5-8-12(17)18/h3-4,6-7,13,15,20H,5,8-9H2,1-2H3/t13-,15+/m1/s1. The van der Waals surface area contributed by atoms with Gasteiger partial charge in [-0.2, -0.15) is 0 Å². The van der Waals surface area contributed by atoms with Crippen molar-refractivity contribution in [3.8, 4) is 0 Å². The summed E-state index contributed by atoms with van der Waals surface area (Å²) in [4.78, 5) is 26.3. The molecule has 0 aromatic heterocycles. The van der Waals surface area contributed by atoms with Crippen LogP contribution in [0.2, 0.25) is 0 Å². The Kier molecular flexibility index (Phi) is 2.94. The topological polar surface area (TPSA) is 57.6 Å². The van der Waals surface area contributed by atoms with Crippen LogP contribution in [0.1, 0.15) is 48.7 Å². The zero-order valence-electron chi connectivity index (χ0n) is 11.8. The van der Waals surface area contributed by atoms with Gasteiger partial charge in [-0.05, 0) is 25.8 Å². The minimum Gasteiger partial charge on any atom is -0.390 e. The first kappa shape index (κ1) is 13.3. The van der Waals surface area contributed by atoms with E-state index in [4.69, 9.17) is 0 Å². The average molecular weight is 273 g/mol. The predicted molar refractivity (Wildman–Crippen MR) is 74.2 cm³/mol. The molecule has 0 radical (unpaired) electrons. The van der Waals surface area contributed by atoms with Crippen molar-refractivity contribution in [2.45, 2.75) is 38.8 Å². The summed E-state index contributed by atoms with van der Waals surface area (Å²) < 4.78 is 0. The normalized spacial score (nSPS) is 28.6. The first-order valence-corrected chi connectivity index (χ1v) is 7.06. The SMILES string of the molecule is CC1(C)C(=O)c2ccccc2[C@@H](N2CCCC2=O)[C@@H]1O. The maximum Gasteiger partial charge on any atom is 0.223 e. The van der Waals surface area contributed by atoms with Crippen LogP contribution in [0.4, 0.5) is 0 Å². The number of hydrogen-bond donors (Lipinski definition) is 1. The molecular formula is C16H19NO3. The van der Waals surface area contributed by atoms with Gasteiger partial charge in [-0.3, -0.25) is 9.59 Å². The van der Waals surface area contributed by atoms with Gasteiger partial charge in [0, 0.05) is 18.5 Å². The fourth-order valence-electron chi connectivity index (χ4n) is 3.31. The van der Waals surface area contributed by atoms with Crippen molar-refractivity contribution in [2.24, 2.45) is 5.41 Å². The molecular weight excluding hydrogens is 254 g/mol. The number of rotatable bonds is 1. The average Bonchev–Trinajstić information content (AvgIpc) is 2.84. The highest BCUT2D eigenvalue weighted by Crippen LogP contribution is 2.44. The van der Waals surface area contributed by atoms with E-state index in [1.165, 1.54) is 0 Å². The zero-order valence-corrected chi connectivity index (χ0v) is 11.8. The lowest BCUT2D eigenvalue weighted by atomic mass is 9.68. The van der Waals surface area contributed by atoms with E-state index in [1.807, 2.05) is 18.2 Å². The van der Waals surface area contributed by atoms with Gasteiger partial charge in [-0.25, -0.2) is 0 Å². The van der Waals surface area contributed by atoms with Crippen molar-refractivity contribution in [1.29, 1.82) is 0 Å². The van der Waals surface area contributed by atoms with E-state index in [0.717, 1.165) is 12.0 Å². The van der Waals surface area contributed by atoms with Crippen molar-refractivity contribution >= 4 is 11.7 Å². The Morgan fingerprint density at radius 1 is 1.25 bits per heavy atom. The molecule has 1 saturated heterocycles. The molecule has 4 nitrogen and oxygen atoms in total. The van der Waals surface area contributed by atoms with E-state index in [0.29, 0.717) is 18.5 Å². The number of ketones is 1. The third-order valence-electron chi connectivity index (χ3n) is 4.59. The molecule has 0 unspecified atom stereocenters. The molecule has 3 rings (SSSR count). The highest BCUT2D eigenvalue weighted by atomic mass is 16.3. The number of amides is 1. The van der Waals surface area contributed by atoms with Crippen LogP contribution in [0, 0.1) is 5.41 Å². The molecule has 1 amide bonds. The molecule has 1 N–H and O–H groups in total. The number of nitrogens with zero attached hydrogens (tertiary/aromatic N) is 1. The maximum absolute atomic E-state index is 12.5. The van der Waals surface area contributed by atoms with Gasteiger partial charge in [0.05, 0.1) is 17.6 Å². The van der Waals surface area contributed by atoms with Gasteiger partial charge in [-0.15, -0.1) is 0 Å². The van der Waals surface area contributed by atoms with Crippen LogP contribution in [-0.4, -0.2) is 34.3 Å². The molecule has 1 aromatic rings. The molecule has 1 aliphatic heterocycles. The van der Waals surface area contributed by atoms with Gasteiger partial charge >= 0.3 is 0 Å². The zero-order chi connectivity index (χ0) is 14.5. The predicted octanol–water partition coefficient (Wildman–Crippen LogP) is 1.93. The second kappa shape index (κ2) is 4.42. The van der Waals surface area contributed by atoms with Crippen molar-refractivity contribution in [1.82, 2.24) is 4.90 Å². The van der Waals surface area contributed by atoms with Gasteiger partial charge < -0.3 is 10.0 Å². The Bertz CT molecular complexity index is 579. The molecule has 2 atom stereocenters. The van der Waals surface area contributed by atoms with Crippen LogP contribution in [-0.2, 0) is 4.79 Å². The van der Waals surface area contributed by atoms with E-state index < -0.39 is 17.6 Å². The second-order valence-electron chi connectivity index (χ2n) is 6.22. The number of aliphatic hydroxyl groups excluding tert-OH is 1. The van der Waals surface area contributed by atoms with Crippen molar-refractivity contribution in [2.75, 3.05) is 6.54 Å². The van der Waals surface area contributed by atoms with Crippen molar-refractivity contribution in [3.63, 3.8) is 0 Å². The summed E-state index contributed by atoms with van der Waals surface area (Å²) in [5.41, 5.74) is 0.536. The highest BCUT2D eigenvalue weighted by molar-refractivity contribution is 6.03. The summed E-state index contributed by atoms with van der Waals surface area (Å²) in [5, 5.41) is 10.7. The van der Waals surface area contributed by atoms with E-state index in [1.54, 1.807) is 24.8 Å². The second-order valence-corrected chi connectivity index (χ2v) is 6.22. The Balaban J connectivity index is 2.15. The minimum absolute atomic E-state index is 0.0523. The van der Waals surface area contributed by atoms with Gasteiger partial charge in [0.2, 0.25) is 5.91 Å². The number of hydrogen-bond acceptors (Lipinski definition) is 3. The van der Waals surface area contributed by atoms with Gasteiger partial charge in [0.25, 0.3) is 0 Å². The van der Waals surface area contributed by atoms with Gasteiger partial charge in [-0.1, -0.05) is 24.3 Å². The van der Waals surface area contributed by atoms with Crippen LogP contribution in [0.15, 0.2) is 24.3 Å². The quantitative estimate of drug-likeness (QED) is 0.850. The van der Waals surface area contributed by atoms with Crippen LogP contribution >= 0.6 is 0 Å². The molecule has 1 fully saturated rings. The number of Topliss-reactive ketones (excluding diaryl/α,β-unsaturated/α-hetero) is 1. The summed E-state index contributed by atoms with van der Waals surface area (Å²) in [6.07, 6.45) is 0.477. The summed E-state index contributed by atoms with van der Waals surface area (Å²) >= 11 is 0. The van der Waals surface area contributed by atoms with E-state index in [2.05, 4.69) is 0 Å². The molecule has 2 aliphatic rings. The molecule has 4 heteroatoms.